The fourth-order valence-electron chi connectivity index (χ4n) is 2.37. The average Bonchev–Trinajstić information content (AvgIpc) is 2.47. The number of carbonyl (C=O) groups is 1. The Morgan fingerprint density at radius 1 is 0.952 bits per heavy atom. The van der Waals surface area contributed by atoms with Crippen molar-refractivity contribution in [1.29, 1.82) is 0 Å². The molecule has 2 nitrogen and oxygen atoms in total. The molecule has 0 fully saturated rings. The highest BCUT2D eigenvalue weighted by molar-refractivity contribution is 6.11. The molecule has 0 aromatic heterocycles. The smallest absolute Gasteiger partial charge is 0.196 e. The Balaban J connectivity index is 2.59. The van der Waals surface area contributed by atoms with Gasteiger partial charge in [-0.2, -0.15) is 0 Å². The Hall–Kier alpha value is -2.09. The summed E-state index contributed by atoms with van der Waals surface area (Å²) < 4.78 is 0. The maximum absolute atomic E-state index is 12.7. The van der Waals surface area contributed by atoms with Crippen molar-refractivity contribution in [1.82, 2.24) is 0 Å². The largest absolute Gasteiger partial charge is 0.507 e. The molecule has 0 bridgehead atoms. The summed E-state index contributed by atoms with van der Waals surface area (Å²) in [5.74, 6) is 0.470. The number of aromatic hydroxyl groups is 1. The van der Waals surface area contributed by atoms with Crippen molar-refractivity contribution in [3.63, 3.8) is 0 Å². The molecule has 2 heteroatoms. The van der Waals surface area contributed by atoms with E-state index in [0.717, 1.165) is 11.1 Å². The molecule has 0 aliphatic heterocycles. The van der Waals surface area contributed by atoms with Gasteiger partial charge in [0.05, 0.1) is 5.56 Å². The number of rotatable bonds is 4. The lowest BCUT2D eigenvalue weighted by Crippen LogP contribution is -2.06. The van der Waals surface area contributed by atoms with Gasteiger partial charge in [-0.3, -0.25) is 4.79 Å². The molecule has 2 aromatic carbocycles. The van der Waals surface area contributed by atoms with Gasteiger partial charge < -0.3 is 5.11 Å². The van der Waals surface area contributed by atoms with Crippen LogP contribution in [0.5, 0.6) is 5.75 Å². The molecule has 0 saturated carbocycles. The first-order valence-electron chi connectivity index (χ1n) is 7.38. The molecule has 0 radical (unpaired) electrons. The quantitative estimate of drug-likeness (QED) is 0.812. The van der Waals surface area contributed by atoms with E-state index in [1.165, 1.54) is 0 Å². The van der Waals surface area contributed by atoms with Crippen LogP contribution in [-0.2, 0) is 0 Å². The van der Waals surface area contributed by atoms with Gasteiger partial charge in [-0.25, -0.2) is 0 Å². The topological polar surface area (TPSA) is 37.3 Å². The van der Waals surface area contributed by atoms with Crippen molar-refractivity contribution < 1.29 is 9.90 Å². The van der Waals surface area contributed by atoms with Crippen LogP contribution in [0.4, 0.5) is 0 Å². The maximum atomic E-state index is 12.7. The van der Waals surface area contributed by atoms with Crippen LogP contribution in [0.3, 0.4) is 0 Å². The minimum absolute atomic E-state index is 0.114. The summed E-state index contributed by atoms with van der Waals surface area (Å²) in [6.45, 7) is 8.23. The summed E-state index contributed by atoms with van der Waals surface area (Å²) in [4.78, 5) is 12.7. The van der Waals surface area contributed by atoms with Gasteiger partial charge in [-0.1, -0.05) is 64.1 Å². The Morgan fingerprint density at radius 3 is 2.10 bits per heavy atom. The second kappa shape index (κ2) is 6.13. The third-order valence-electron chi connectivity index (χ3n) is 3.73. The Labute approximate surface area is 126 Å². The zero-order chi connectivity index (χ0) is 15.6. The first-order chi connectivity index (χ1) is 9.91. The number of phenolic OH excluding ortho intramolecular Hbond substituents is 1. The summed E-state index contributed by atoms with van der Waals surface area (Å²) in [5, 5.41) is 10.5. The Bertz CT molecular complexity index is 640. The zero-order valence-electron chi connectivity index (χ0n) is 13.1. The van der Waals surface area contributed by atoms with Gasteiger partial charge >= 0.3 is 0 Å². The highest BCUT2D eigenvalue weighted by Crippen LogP contribution is 2.34. The van der Waals surface area contributed by atoms with E-state index >= 15 is 0 Å². The van der Waals surface area contributed by atoms with Crippen LogP contribution in [0.25, 0.3) is 0 Å². The first kappa shape index (κ1) is 15.3. The molecule has 1 N–H and O–H groups in total. The normalized spacial score (nSPS) is 11.1. The third kappa shape index (κ3) is 3.15. The summed E-state index contributed by atoms with van der Waals surface area (Å²) >= 11 is 0. The van der Waals surface area contributed by atoms with Crippen molar-refractivity contribution >= 4 is 5.78 Å². The van der Waals surface area contributed by atoms with Crippen LogP contribution in [0.15, 0.2) is 42.5 Å². The molecular formula is C19H22O2. The number of phenols is 1. The van der Waals surface area contributed by atoms with Crippen molar-refractivity contribution in [2.24, 2.45) is 0 Å². The monoisotopic (exact) mass is 282 g/mol. The minimum atomic E-state index is -0.127. The molecule has 0 saturated heterocycles. The predicted octanol–water partition coefficient (Wildman–Crippen LogP) is 4.87. The van der Waals surface area contributed by atoms with Crippen molar-refractivity contribution in [2.75, 3.05) is 0 Å². The van der Waals surface area contributed by atoms with Crippen LogP contribution < -0.4 is 0 Å². The van der Waals surface area contributed by atoms with Crippen LogP contribution >= 0.6 is 0 Å². The molecule has 2 rings (SSSR count). The van der Waals surface area contributed by atoms with Gasteiger partial charge in [0.25, 0.3) is 0 Å². The van der Waals surface area contributed by atoms with Crippen LogP contribution in [0.1, 0.15) is 66.6 Å². The second-order valence-electron chi connectivity index (χ2n) is 6.01. The molecular weight excluding hydrogens is 260 g/mol. The summed E-state index contributed by atoms with van der Waals surface area (Å²) in [7, 11) is 0. The van der Waals surface area contributed by atoms with E-state index in [4.69, 9.17) is 0 Å². The molecule has 0 aliphatic carbocycles. The Morgan fingerprint density at radius 2 is 1.57 bits per heavy atom. The third-order valence-corrected chi connectivity index (χ3v) is 3.73. The SMILES string of the molecule is CC(C)c1cc(C(=O)c2ccccc2)c(O)c(C(C)C)c1. The average molecular weight is 282 g/mol. The van der Waals surface area contributed by atoms with Gasteiger partial charge in [-0.15, -0.1) is 0 Å². The van der Waals surface area contributed by atoms with Crippen molar-refractivity contribution in [3.05, 3.63) is 64.7 Å². The standard InChI is InChI=1S/C19H22O2/c1-12(2)15-10-16(13(3)4)19(21)17(11-15)18(20)14-8-6-5-7-9-14/h5-13,21H,1-4H3. The van der Waals surface area contributed by atoms with Crippen molar-refractivity contribution in [2.45, 2.75) is 39.5 Å². The van der Waals surface area contributed by atoms with Crippen LogP contribution in [-0.4, -0.2) is 10.9 Å². The van der Waals surface area contributed by atoms with E-state index in [-0.39, 0.29) is 17.5 Å². The lowest BCUT2D eigenvalue weighted by molar-refractivity contribution is 0.103. The highest BCUT2D eigenvalue weighted by Gasteiger charge is 2.20. The van der Waals surface area contributed by atoms with Gasteiger partial charge in [0.15, 0.2) is 5.78 Å². The van der Waals surface area contributed by atoms with Gasteiger partial charge in [0.2, 0.25) is 0 Å². The molecule has 0 amide bonds. The molecule has 0 unspecified atom stereocenters. The van der Waals surface area contributed by atoms with E-state index in [9.17, 15) is 9.90 Å². The molecule has 21 heavy (non-hydrogen) atoms. The van der Waals surface area contributed by atoms with Gasteiger partial charge in [0, 0.05) is 5.56 Å². The van der Waals surface area contributed by atoms with Gasteiger partial charge in [-0.05, 0) is 29.0 Å². The van der Waals surface area contributed by atoms with Gasteiger partial charge in [0.1, 0.15) is 5.75 Å². The molecule has 0 atom stereocenters. The lowest BCUT2D eigenvalue weighted by Gasteiger charge is -2.16. The van der Waals surface area contributed by atoms with E-state index < -0.39 is 0 Å². The maximum Gasteiger partial charge on any atom is 0.196 e. The number of benzene rings is 2. The highest BCUT2D eigenvalue weighted by atomic mass is 16.3. The summed E-state index contributed by atoms with van der Waals surface area (Å²) in [6, 6.07) is 12.9. The minimum Gasteiger partial charge on any atom is -0.507 e. The lowest BCUT2D eigenvalue weighted by atomic mass is 9.89. The summed E-state index contributed by atoms with van der Waals surface area (Å²) in [6.07, 6.45) is 0. The molecule has 110 valence electrons. The molecule has 0 spiro atoms. The molecule has 0 aliphatic rings. The Kier molecular flexibility index (Phi) is 4.46. The number of hydrogen-bond donors (Lipinski definition) is 1. The first-order valence-corrected chi connectivity index (χ1v) is 7.38. The fraction of sp³-hybridized carbons (Fsp3) is 0.316. The number of carbonyl (C=O) groups excluding carboxylic acids is 1. The van der Waals surface area contributed by atoms with Crippen molar-refractivity contribution in [3.8, 4) is 5.75 Å². The number of ketones is 1. The van der Waals surface area contributed by atoms with E-state index in [1.54, 1.807) is 12.1 Å². The van der Waals surface area contributed by atoms with Crippen LogP contribution in [0.2, 0.25) is 0 Å². The predicted molar refractivity (Wildman–Crippen MR) is 86.2 cm³/mol. The second-order valence-corrected chi connectivity index (χ2v) is 6.01. The van der Waals surface area contributed by atoms with E-state index in [1.807, 2.05) is 44.2 Å². The molecule has 2 aromatic rings. The fourth-order valence-corrected chi connectivity index (χ4v) is 2.37. The number of hydrogen-bond acceptors (Lipinski definition) is 2. The summed E-state index contributed by atoms with van der Waals surface area (Å²) in [5.41, 5.74) is 2.91. The zero-order valence-corrected chi connectivity index (χ0v) is 13.1. The molecule has 0 heterocycles. The van der Waals surface area contributed by atoms with E-state index in [2.05, 4.69) is 13.8 Å². The van der Waals surface area contributed by atoms with Crippen LogP contribution in [0, 0.1) is 0 Å². The van der Waals surface area contributed by atoms with E-state index in [0.29, 0.717) is 17.0 Å².